The molecule has 0 saturated heterocycles. The lowest BCUT2D eigenvalue weighted by Gasteiger charge is -1.93. The second kappa shape index (κ2) is 12.1. The predicted molar refractivity (Wildman–Crippen MR) is 77.2 cm³/mol. The smallest absolute Gasteiger partial charge is 0.0395 e. The SMILES string of the molecule is Br.Br.Br.Br.Cc1ccccc1C. The lowest BCUT2D eigenvalue weighted by atomic mass is 10.1. The number of benzene rings is 1. The van der Waals surface area contributed by atoms with E-state index in [2.05, 4.69) is 38.1 Å². The molecule has 0 aliphatic rings. The summed E-state index contributed by atoms with van der Waals surface area (Å²) < 4.78 is 0. The fourth-order valence-electron chi connectivity index (χ4n) is 0.663. The third-order valence-electron chi connectivity index (χ3n) is 1.43. The van der Waals surface area contributed by atoms with Gasteiger partial charge in [-0.3, -0.25) is 0 Å². The van der Waals surface area contributed by atoms with Crippen molar-refractivity contribution in [1.82, 2.24) is 0 Å². The van der Waals surface area contributed by atoms with E-state index in [9.17, 15) is 0 Å². The van der Waals surface area contributed by atoms with Gasteiger partial charge in [-0.15, -0.1) is 67.9 Å². The van der Waals surface area contributed by atoms with Crippen LogP contribution in [0.15, 0.2) is 24.3 Å². The molecule has 0 radical (unpaired) electrons. The first-order valence-corrected chi connectivity index (χ1v) is 2.83. The summed E-state index contributed by atoms with van der Waals surface area (Å²) in [6.07, 6.45) is 0. The van der Waals surface area contributed by atoms with Gasteiger partial charge in [-0.1, -0.05) is 24.3 Å². The molecule has 0 aliphatic carbocycles. The van der Waals surface area contributed by atoms with Crippen LogP contribution in [-0.2, 0) is 0 Å². The molecule has 4 heteroatoms. The van der Waals surface area contributed by atoms with Crippen LogP contribution in [0.25, 0.3) is 0 Å². The Labute approximate surface area is 116 Å². The molecule has 0 aromatic heterocycles. The first kappa shape index (κ1) is 23.2. The molecular formula is C8H14Br4. The molecule has 0 nitrogen and oxygen atoms in total. The Morgan fingerprint density at radius 3 is 1.08 bits per heavy atom. The molecule has 0 saturated carbocycles. The average Bonchev–Trinajstić information content (AvgIpc) is 1.77. The van der Waals surface area contributed by atoms with Crippen molar-refractivity contribution in [2.45, 2.75) is 13.8 Å². The van der Waals surface area contributed by atoms with Gasteiger partial charge in [0.05, 0.1) is 0 Å². The summed E-state index contributed by atoms with van der Waals surface area (Å²) in [5.41, 5.74) is 2.74. The third kappa shape index (κ3) is 7.77. The minimum Gasteiger partial charge on any atom is -0.114 e. The van der Waals surface area contributed by atoms with Gasteiger partial charge in [-0.05, 0) is 25.0 Å². The van der Waals surface area contributed by atoms with Crippen molar-refractivity contribution >= 4 is 67.9 Å². The van der Waals surface area contributed by atoms with Crippen molar-refractivity contribution < 1.29 is 0 Å². The zero-order valence-electron chi connectivity index (χ0n) is 6.94. The van der Waals surface area contributed by atoms with Gasteiger partial charge in [0.1, 0.15) is 0 Å². The van der Waals surface area contributed by atoms with Crippen molar-refractivity contribution in [1.29, 1.82) is 0 Å². The highest BCUT2D eigenvalue weighted by Gasteiger charge is 1.83. The fraction of sp³-hybridized carbons (Fsp3) is 0.250. The van der Waals surface area contributed by atoms with E-state index in [0.717, 1.165) is 0 Å². The Balaban J connectivity index is -0.0000000800. The van der Waals surface area contributed by atoms with Crippen molar-refractivity contribution in [3.8, 4) is 0 Å². The van der Waals surface area contributed by atoms with E-state index in [4.69, 9.17) is 0 Å². The topological polar surface area (TPSA) is 0 Å². The van der Waals surface area contributed by atoms with Gasteiger partial charge in [0, 0.05) is 0 Å². The van der Waals surface area contributed by atoms with E-state index in [1.165, 1.54) is 11.1 Å². The van der Waals surface area contributed by atoms with Crippen LogP contribution in [0.1, 0.15) is 11.1 Å². The van der Waals surface area contributed by atoms with Crippen molar-refractivity contribution in [3.05, 3.63) is 35.4 Å². The Morgan fingerprint density at radius 2 is 0.917 bits per heavy atom. The van der Waals surface area contributed by atoms with Crippen molar-refractivity contribution in [2.75, 3.05) is 0 Å². The summed E-state index contributed by atoms with van der Waals surface area (Å²) in [6.45, 7) is 4.24. The van der Waals surface area contributed by atoms with Gasteiger partial charge in [0.2, 0.25) is 0 Å². The normalized spacial score (nSPS) is 6.17. The molecule has 0 atom stereocenters. The second-order valence-corrected chi connectivity index (χ2v) is 2.08. The third-order valence-corrected chi connectivity index (χ3v) is 1.43. The Hall–Kier alpha value is 1.14. The van der Waals surface area contributed by atoms with Crippen LogP contribution < -0.4 is 0 Å². The van der Waals surface area contributed by atoms with Gasteiger partial charge < -0.3 is 0 Å². The summed E-state index contributed by atoms with van der Waals surface area (Å²) in [5, 5.41) is 0. The number of aryl methyl sites for hydroxylation is 2. The summed E-state index contributed by atoms with van der Waals surface area (Å²) in [5.74, 6) is 0. The number of hydrogen-bond donors (Lipinski definition) is 0. The van der Waals surface area contributed by atoms with E-state index in [0.29, 0.717) is 0 Å². The monoisotopic (exact) mass is 426 g/mol. The maximum absolute atomic E-state index is 2.12. The predicted octanol–water partition coefficient (Wildman–Crippen LogP) is 4.62. The van der Waals surface area contributed by atoms with Crippen LogP contribution in [0.4, 0.5) is 0 Å². The van der Waals surface area contributed by atoms with E-state index in [1.54, 1.807) is 0 Å². The van der Waals surface area contributed by atoms with Gasteiger partial charge in [-0.2, -0.15) is 0 Å². The molecule has 0 aliphatic heterocycles. The molecular weight excluding hydrogens is 416 g/mol. The molecule has 0 amide bonds. The molecule has 0 bridgehead atoms. The molecule has 0 fully saturated rings. The molecule has 74 valence electrons. The quantitative estimate of drug-likeness (QED) is 0.565. The summed E-state index contributed by atoms with van der Waals surface area (Å²) in [6, 6.07) is 8.36. The largest absolute Gasteiger partial charge is 0.114 e. The summed E-state index contributed by atoms with van der Waals surface area (Å²) in [4.78, 5) is 0. The van der Waals surface area contributed by atoms with E-state index in [1.807, 2.05) is 0 Å². The zero-order valence-corrected chi connectivity index (χ0v) is 13.8. The number of hydrogen-bond acceptors (Lipinski definition) is 0. The van der Waals surface area contributed by atoms with Crippen LogP contribution in [0.5, 0.6) is 0 Å². The van der Waals surface area contributed by atoms with Crippen LogP contribution in [0.2, 0.25) is 0 Å². The first-order valence-electron chi connectivity index (χ1n) is 2.83. The highest BCUT2D eigenvalue weighted by molar-refractivity contribution is 8.93. The molecule has 0 N–H and O–H groups in total. The minimum absolute atomic E-state index is 0. The maximum Gasteiger partial charge on any atom is -0.0395 e. The van der Waals surface area contributed by atoms with Crippen LogP contribution in [0, 0.1) is 13.8 Å². The molecule has 0 spiro atoms. The molecule has 1 aromatic carbocycles. The van der Waals surface area contributed by atoms with Gasteiger partial charge in [-0.25, -0.2) is 0 Å². The standard InChI is InChI=1S/C8H10.4BrH/c1-7-5-3-4-6-8(7)2;;;;/h3-6H,1-2H3;4*1H. The Morgan fingerprint density at radius 1 is 0.667 bits per heavy atom. The molecule has 12 heavy (non-hydrogen) atoms. The fourth-order valence-corrected chi connectivity index (χ4v) is 0.663. The maximum atomic E-state index is 2.12. The van der Waals surface area contributed by atoms with Crippen LogP contribution >= 0.6 is 67.9 Å². The zero-order chi connectivity index (χ0) is 5.98. The molecule has 0 unspecified atom stereocenters. The average molecular weight is 430 g/mol. The van der Waals surface area contributed by atoms with Crippen LogP contribution in [0.3, 0.4) is 0 Å². The first-order chi connectivity index (χ1) is 3.80. The number of halogens is 4. The number of rotatable bonds is 0. The second-order valence-electron chi connectivity index (χ2n) is 2.08. The molecule has 1 aromatic rings. The summed E-state index contributed by atoms with van der Waals surface area (Å²) in [7, 11) is 0. The minimum atomic E-state index is 0. The molecule has 0 heterocycles. The van der Waals surface area contributed by atoms with Crippen molar-refractivity contribution in [3.63, 3.8) is 0 Å². The highest BCUT2D eigenvalue weighted by atomic mass is 79.9. The van der Waals surface area contributed by atoms with Gasteiger partial charge in [0.15, 0.2) is 0 Å². The molecule has 1 rings (SSSR count). The van der Waals surface area contributed by atoms with E-state index >= 15 is 0 Å². The van der Waals surface area contributed by atoms with Gasteiger partial charge >= 0.3 is 0 Å². The Bertz CT molecular complexity index is 167. The van der Waals surface area contributed by atoms with E-state index < -0.39 is 0 Å². The van der Waals surface area contributed by atoms with Gasteiger partial charge in [0.25, 0.3) is 0 Å². The lowest BCUT2D eigenvalue weighted by Crippen LogP contribution is -1.74. The Kier molecular flexibility index (Phi) is 23.5. The van der Waals surface area contributed by atoms with Crippen LogP contribution in [-0.4, -0.2) is 0 Å². The van der Waals surface area contributed by atoms with E-state index in [-0.39, 0.29) is 67.9 Å². The lowest BCUT2D eigenvalue weighted by molar-refractivity contribution is 1.34. The highest BCUT2D eigenvalue weighted by Crippen LogP contribution is 2.02. The van der Waals surface area contributed by atoms with Crippen molar-refractivity contribution in [2.24, 2.45) is 0 Å². The summed E-state index contributed by atoms with van der Waals surface area (Å²) >= 11 is 0.